The zero-order valence-corrected chi connectivity index (χ0v) is 15.4. The van der Waals surface area contributed by atoms with Crippen molar-refractivity contribution < 1.29 is 13.9 Å². The van der Waals surface area contributed by atoms with Crippen molar-refractivity contribution in [1.82, 2.24) is 5.32 Å². The third kappa shape index (κ3) is 5.62. The zero-order valence-electron chi connectivity index (χ0n) is 15.4. The number of anilines is 1. The van der Waals surface area contributed by atoms with Crippen LogP contribution in [-0.2, 0) is 11.2 Å². The minimum atomic E-state index is -0.455. The van der Waals surface area contributed by atoms with Gasteiger partial charge in [-0.3, -0.25) is 10.1 Å². The molecule has 0 aliphatic carbocycles. The van der Waals surface area contributed by atoms with Crippen molar-refractivity contribution in [3.63, 3.8) is 0 Å². The molecule has 1 atom stereocenters. The number of rotatable bonds is 5. The van der Waals surface area contributed by atoms with Gasteiger partial charge < -0.3 is 10.1 Å². The molecule has 5 nitrogen and oxygen atoms in total. The van der Waals surface area contributed by atoms with Crippen LogP contribution in [0, 0.1) is 5.82 Å². The van der Waals surface area contributed by atoms with E-state index >= 15 is 0 Å². The number of hydrogen-bond acceptors (Lipinski definition) is 3. The molecular weight excluding hydrogens is 345 g/mol. The van der Waals surface area contributed by atoms with E-state index < -0.39 is 11.7 Å². The van der Waals surface area contributed by atoms with Gasteiger partial charge in [-0.05, 0) is 55.2 Å². The van der Waals surface area contributed by atoms with E-state index in [0.29, 0.717) is 12.5 Å². The number of amides is 1. The van der Waals surface area contributed by atoms with Crippen LogP contribution >= 0.6 is 0 Å². The Kier molecular flexibility index (Phi) is 6.54. The maximum absolute atomic E-state index is 13.4. The maximum atomic E-state index is 13.4. The summed E-state index contributed by atoms with van der Waals surface area (Å²) in [6, 6.07) is 13.5. The molecule has 142 valence electrons. The van der Waals surface area contributed by atoms with Crippen LogP contribution in [0.15, 0.2) is 53.5 Å². The molecule has 3 rings (SSSR count). The molecule has 1 heterocycles. The number of carbonyl (C=O) groups is 1. The van der Waals surface area contributed by atoms with E-state index in [1.165, 1.54) is 23.8 Å². The molecule has 1 amide bonds. The standard InChI is InChI=1S/C21H24FN3O2/c1-2-15-8-10-18(11-9-15)24-21(23-14-19-7-4-12-27-19)25-20(26)16-5-3-6-17(22)13-16/h3,5-6,8-11,13,19H,2,4,7,12,14H2,1H3,(H2,23,24,25,26)/t19-/m0/s1. The van der Waals surface area contributed by atoms with Gasteiger partial charge in [0.1, 0.15) is 5.82 Å². The van der Waals surface area contributed by atoms with Gasteiger partial charge in [-0.25, -0.2) is 9.38 Å². The molecular formula is C21H24FN3O2. The van der Waals surface area contributed by atoms with E-state index in [0.717, 1.165) is 31.6 Å². The molecule has 2 N–H and O–H groups in total. The van der Waals surface area contributed by atoms with Gasteiger partial charge in [-0.15, -0.1) is 0 Å². The van der Waals surface area contributed by atoms with E-state index in [1.54, 1.807) is 6.07 Å². The molecule has 1 saturated heterocycles. The second-order valence-electron chi connectivity index (χ2n) is 6.46. The Morgan fingerprint density at radius 2 is 2.07 bits per heavy atom. The lowest BCUT2D eigenvalue weighted by Crippen LogP contribution is -2.36. The molecule has 0 unspecified atom stereocenters. The number of nitrogens with one attached hydrogen (secondary N) is 2. The first-order valence-electron chi connectivity index (χ1n) is 9.23. The number of nitrogens with zero attached hydrogens (tertiary/aromatic N) is 1. The minimum Gasteiger partial charge on any atom is -0.376 e. The van der Waals surface area contributed by atoms with Crippen LogP contribution in [0.4, 0.5) is 10.1 Å². The Labute approximate surface area is 158 Å². The monoisotopic (exact) mass is 369 g/mol. The van der Waals surface area contributed by atoms with E-state index in [4.69, 9.17) is 4.74 Å². The summed E-state index contributed by atoms with van der Waals surface area (Å²) in [4.78, 5) is 17.0. The lowest BCUT2D eigenvalue weighted by molar-refractivity contribution is 0.0975. The van der Waals surface area contributed by atoms with Crippen molar-refractivity contribution in [2.45, 2.75) is 32.3 Å². The molecule has 1 aliphatic heterocycles. The highest BCUT2D eigenvalue weighted by atomic mass is 19.1. The van der Waals surface area contributed by atoms with Gasteiger partial charge in [-0.1, -0.05) is 25.1 Å². The van der Waals surface area contributed by atoms with Crippen LogP contribution in [0.1, 0.15) is 35.7 Å². The zero-order chi connectivity index (χ0) is 19.1. The van der Waals surface area contributed by atoms with Crippen molar-refractivity contribution in [3.05, 3.63) is 65.5 Å². The molecule has 0 saturated carbocycles. The third-order valence-electron chi connectivity index (χ3n) is 4.42. The lowest BCUT2D eigenvalue weighted by Gasteiger charge is -2.14. The first kappa shape index (κ1) is 19.0. The highest BCUT2D eigenvalue weighted by molar-refractivity contribution is 6.09. The van der Waals surface area contributed by atoms with Crippen LogP contribution < -0.4 is 10.6 Å². The van der Waals surface area contributed by atoms with E-state index in [9.17, 15) is 9.18 Å². The predicted molar refractivity (Wildman–Crippen MR) is 105 cm³/mol. The Morgan fingerprint density at radius 3 is 2.74 bits per heavy atom. The van der Waals surface area contributed by atoms with Gasteiger partial charge in [0.25, 0.3) is 5.91 Å². The van der Waals surface area contributed by atoms with Crippen LogP contribution in [0.2, 0.25) is 0 Å². The number of benzene rings is 2. The fourth-order valence-corrected chi connectivity index (χ4v) is 2.86. The molecule has 0 bridgehead atoms. The van der Waals surface area contributed by atoms with Crippen molar-refractivity contribution in [2.75, 3.05) is 18.5 Å². The highest BCUT2D eigenvalue weighted by Gasteiger charge is 2.16. The van der Waals surface area contributed by atoms with Gasteiger partial charge in [-0.2, -0.15) is 0 Å². The van der Waals surface area contributed by atoms with E-state index in [-0.39, 0.29) is 11.7 Å². The maximum Gasteiger partial charge on any atom is 0.258 e. The normalized spacial score (nSPS) is 17.0. The van der Waals surface area contributed by atoms with Crippen LogP contribution in [0.25, 0.3) is 0 Å². The van der Waals surface area contributed by atoms with Crippen LogP contribution in [0.3, 0.4) is 0 Å². The van der Waals surface area contributed by atoms with Crippen molar-refractivity contribution >= 4 is 17.6 Å². The average Bonchev–Trinajstić information content (AvgIpc) is 3.20. The number of halogens is 1. The molecule has 0 aromatic heterocycles. The Morgan fingerprint density at radius 1 is 1.26 bits per heavy atom. The molecule has 1 fully saturated rings. The third-order valence-corrected chi connectivity index (χ3v) is 4.42. The van der Waals surface area contributed by atoms with Crippen molar-refractivity contribution in [1.29, 1.82) is 0 Å². The number of aliphatic imine (C=N–C) groups is 1. The summed E-state index contributed by atoms with van der Waals surface area (Å²) in [5, 5.41) is 5.88. The Balaban J connectivity index is 1.73. The Bertz CT molecular complexity index is 799. The van der Waals surface area contributed by atoms with Gasteiger partial charge in [0.05, 0.1) is 12.6 Å². The fourth-order valence-electron chi connectivity index (χ4n) is 2.86. The summed E-state index contributed by atoms with van der Waals surface area (Å²) < 4.78 is 19.0. The average molecular weight is 369 g/mol. The number of aryl methyl sites for hydroxylation is 1. The first-order valence-corrected chi connectivity index (χ1v) is 9.23. The molecule has 27 heavy (non-hydrogen) atoms. The SMILES string of the molecule is CCc1ccc(NC(=NC[C@@H]2CCCO2)NC(=O)c2cccc(F)c2)cc1. The summed E-state index contributed by atoms with van der Waals surface area (Å²) in [7, 11) is 0. The van der Waals surface area contributed by atoms with E-state index in [2.05, 4.69) is 22.5 Å². The molecule has 2 aromatic rings. The highest BCUT2D eigenvalue weighted by Crippen LogP contribution is 2.13. The molecule has 0 radical (unpaired) electrons. The predicted octanol–water partition coefficient (Wildman–Crippen LogP) is 3.77. The number of hydrogen-bond donors (Lipinski definition) is 2. The summed E-state index contributed by atoms with van der Waals surface area (Å²) >= 11 is 0. The smallest absolute Gasteiger partial charge is 0.258 e. The molecule has 0 spiro atoms. The summed E-state index contributed by atoms with van der Waals surface area (Å²) in [5.41, 5.74) is 2.28. The minimum absolute atomic E-state index is 0.0651. The number of guanidine groups is 1. The summed E-state index contributed by atoms with van der Waals surface area (Å²) in [6.45, 7) is 3.30. The second-order valence-corrected chi connectivity index (χ2v) is 6.46. The van der Waals surface area contributed by atoms with Crippen molar-refractivity contribution in [3.8, 4) is 0 Å². The quantitative estimate of drug-likeness (QED) is 0.623. The van der Waals surface area contributed by atoms with Crippen LogP contribution in [-0.4, -0.2) is 31.1 Å². The van der Waals surface area contributed by atoms with Gasteiger partial charge in [0.2, 0.25) is 5.96 Å². The van der Waals surface area contributed by atoms with Crippen LogP contribution in [0.5, 0.6) is 0 Å². The Hall–Kier alpha value is -2.73. The molecule has 2 aromatic carbocycles. The van der Waals surface area contributed by atoms with Gasteiger partial charge in [0, 0.05) is 17.9 Å². The second kappa shape index (κ2) is 9.28. The summed E-state index contributed by atoms with van der Waals surface area (Å²) in [5.74, 6) is -0.550. The van der Waals surface area contributed by atoms with Crippen molar-refractivity contribution in [2.24, 2.45) is 4.99 Å². The molecule has 1 aliphatic rings. The van der Waals surface area contributed by atoms with Gasteiger partial charge >= 0.3 is 0 Å². The summed E-state index contributed by atoms with van der Waals surface area (Å²) in [6.07, 6.45) is 3.00. The van der Waals surface area contributed by atoms with Gasteiger partial charge in [0.15, 0.2) is 0 Å². The number of carbonyl (C=O) groups excluding carboxylic acids is 1. The fraction of sp³-hybridized carbons (Fsp3) is 0.333. The number of ether oxygens (including phenoxy) is 1. The topological polar surface area (TPSA) is 62.7 Å². The lowest BCUT2D eigenvalue weighted by atomic mass is 10.1. The molecule has 6 heteroatoms. The van der Waals surface area contributed by atoms with E-state index in [1.807, 2.05) is 24.3 Å². The first-order chi connectivity index (χ1) is 13.1. The largest absolute Gasteiger partial charge is 0.376 e.